The van der Waals surface area contributed by atoms with Gasteiger partial charge >= 0.3 is 6.18 Å². The van der Waals surface area contributed by atoms with Gasteiger partial charge in [0.2, 0.25) is 5.95 Å². The molecule has 0 aromatic carbocycles. The molecule has 0 bridgehead atoms. The Kier molecular flexibility index (Phi) is 7.92. The molecule has 6 nitrogen and oxygen atoms in total. The van der Waals surface area contributed by atoms with Crippen molar-refractivity contribution in [3.63, 3.8) is 0 Å². The molecule has 1 aromatic rings. The lowest BCUT2D eigenvalue weighted by Gasteiger charge is -2.22. The van der Waals surface area contributed by atoms with Gasteiger partial charge in [-0.3, -0.25) is 4.99 Å². The van der Waals surface area contributed by atoms with E-state index in [4.69, 9.17) is 0 Å². The molecular weight excluding hydrogens is 472 g/mol. The van der Waals surface area contributed by atoms with Gasteiger partial charge in [0, 0.05) is 39.4 Å². The lowest BCUT2D eigenvalue weighted by atomic mass is 9.82. The quantitative estimate of drug-likeness (QED) is 0.289. The number of anilines is 1. The Morgan fingerprint density at radius 3 is 2.48 bits per heavy atom. The smallest absolute Gasteiger partial charge is 0.354 e. The average Bonchev–Trinajstić information content (AvgIpc) is 3.05. The van der Waals surface area contributed by atoms with Gasteiger partial charge in [0.1, 0.15) is 5.69 Å². The largest absolute Gasteiger partial charge is 0.433 e. The third kappa shape index (κ3) is 5.82. The predicted octanol–water partition coefficient (Wildman–Crippen LogP) is 3.22. The molecule has 0 spiro atoms. The molecule has 2 heterocycles. The van der Waals surface area contributed by atoms with Crippen molar-refractivity contribution >= 4 is 35.9 Å². The molecule has 10 heteroatoms. The van der Waals surface area contributed by atoms with Crippen LogP contribution in [-0.4, -0.2) is 54.1 Å². The number of fused-ring (bicyclic) bond motifs is 1. The van der Waals surface area contributed by atoms with Gasteiger partial charge in [-0.15, -0.1) is 24.0 Å². The highest BCUT2D eigenvalue weighted by Crippen LogP contribution is 2.35. The summed E-state index contributed by atoms with van der Waals surface area (Å²) in [6.45, 7) is 3.00. The lowest BCUT2D eigenvalue weighted by molar-refractivity contribution is -0.141. The summed E-state index contributed by atoms with van der Waals surface area (Å²) in [6, 6.07) is 0.859. The van der Waals surface area contributed by atoms with E-state index in [0.717, 1.165) is 43.1 Å². The van der Waals surface area contributed by atoms with E-state index in [0.29, 0.717) is 13.1 Å². The Labute approximate surface area is 174 Å². The minimum Gasteiger partial charge on any atom is -0.354 e. The fraction of sp³-hybridized carbons (Fsp3) is 0.706. The minimum absolute atomic E-state index is 0. The highest BCUT2D eigenvalue weighted by Gasteiger charge is 2.35. The van der Waals surface area contributed by atoms with E-state index in [1.54, 1.807) is 7.05 Å². The molecule has 2 aliphatic rings. The van der Waals surface area contributed by atoms with Crippen LogP contribution in [0.15, 0.2) is 17.3 Å². The van der Waals surface area contributed by atoms with Crippen molar-refractivity contribution < 1.29 is 13.2 Å². The molecule has 1 aliphatic heterocycles. The first kappa shape index (κ1) is 22.0. The first-order chi connectivity index (χ1) is 12.5. The first-order valence-corrected chi connectivity index (χ1v) is 9.07. The number of halogens is 4. The van der Waals surface area contributed by atoms with Crippen LogP contribution >= 0.6 is 24.0 Å². The van der Waals surface area contributed by atoms with Crippen molar-refractivity contribution in [3.05, 3.63) is 18.0 Å². The molecule has 1 aromatic heterocycles. The van der Waals surface area contributed by atoms with E-state index in [1.165, 1.54) is 25.7 Å². The van der Waals surface area contributed by atoms with Crippen LogP contribution < -0.4 is 10.6 Å². The zero-order valence-corrected chi connectivity index (χ0v) is 17.6. The molecule has 0 radical (unpaired) electrons. The maximum atomic E-state index is 12.7. The fourth-order valence-corrected chi connectivity index (χ4v) is 3.86. The second kappa shape index (κ2) is 9.74. The number of hydrogen-bond donors (Lipinski definition) is 2. The van der Waals surface area contributed by atoms with Gasteiger partial charge < -0.3 is 15.5 Å². The fourth-order valence-electron chi connectivity index (χ4n) is 3.86. The van der Waals surface area contributed by atoms with Gasteiger partial charge in [0.05, 0.1) is 0 Å². The lowest BCUT2D eigenvalue weighted by Crippen LogP contribution is -2.42. The van der Waals surface area contributed by atoms with Crippen LogP contribution in [0.3, 0.4) is 0 Å². The number of aliphatic imine (C=N–C) groups is 1. The first-order valence-electron chi connectivity index (χ1n) is 9.07. The molecule has 152 valence electrons. The monoisotopic (exact) mass is 498 g/mol. The van der Waals surface area contributed by atoms with E-state index >= 15 is 0 Å². The van der Waals surface area contributed by atoms with Crippen LogP contribution in [0.1, 0.15) is 31.4 Å². The van der Waals surface area contributed by atoms with E-state index in [-0.39, 0.29) is 29.9 Å². The summed E-state index contributed by atoms with van der Waals surface area (Å²) in [4.78, 5) is 14.0. The number of likely N-dealkylation sites (tertiary alicyclic amines) is 1. The highest BCUT2D eigenvalue weighted by atomic mass is 127. The van der Waals surface area contributed by atoms with Gasteiger partial charge in [-0.25, -0.2) is 9.97 Å². The van der Waals surface area contributed by atoms with E-state index in [1.807, 2.05) is 0 Å². The molecular formula is C17H26F3IN6. The molecule has 27 heavy (non-hydrogen) atoms. The van der Waals surface area contributed by atoms with Crippen LogP contribution in [0.25, 0.3) is 0 Å². The van der Waals surface area contributed by atoms with E-state index < -0.39 is 11.9 Å². The summed E-state index contributed by atoms with van der Waals surface area (Å²) in [5.74, 6) is 2.35. The third-order valence-corrected chi connectivity index (χ3v) is 5.12. The standard InChI is InChI=1S/C17H25F3N6.HI/c1-21-16(26-10-12-4-2-3-5-13(12)11-26)24-9-8-23-15-22-7-6-14(25-15)17(18,19)20;/h6-7,12-13H,2-5,8-11H2,1H3,(H,21,24)(H,22,23,25);1H. The minimum atomic E-state index is -4.47. The van der Waals surface area contributed by atoms with Crippen molar-refractivity contribution in [2.75, 3.05) is 38.5 Å². The van der Waals surface area contributed by atoms with Crippen LogP contribution in [0.5, 0.6) is 0 Å². The predicted molar refractivity (Wildman–Crippen MR) is 109 cm³/mol. The second-order valence-corrected chi connectivity index (χ2v) is 6.87. The summed E-state index contributed by atoms with van der Waals surface area (Å²) in [7, 11) is 1.76. The summed E-state index contributed by atoms with van der Waals surface area (Å²) in [5, 5.41) is 6.09. The molecule has 1 saturated carbocycles. The van der Waals surface area contributed by atoms with Crippen molar-refractivity contribution in [3.8, 4) is 0 Å². The maximum Gasteiger partial charge on any atom is 0.433 e. The Hall–Kier alpha value is -1.33. The topological polar surface area (TPSA) is 65.4 Å². The average molecular weight is 498 g/mol. The zero-order chi connectivity index (χ0) is 18.6. The van der Waals surface area contributed by atoms with Gasteiger partial charge in [0.15, 0.2) is 5.96 Å². The van der Waals surface area contributed by atoms with E-state index in [2.05, 4.69) is 30.5 Å². The molecule has 3 rings (SSSR count). The highest BCUT2D eigenvalue weighted by molar-refractivity contribution is 14.0. The third-order valence-electron chi connectivity index (χ3n) is 5.12. The zero-order valence-electron chi connectivity index (χ0n) is 15.3. The van der Waals surface area contributed by atoms with Crippen LogP contribution in [0, 0.1) is 11.8 Å². The van der Waals surface area contributed by atoms with Crippen molar-refractivity contribution in [2.45, 2.75) is 31.9 Å². The van der Waals surface area contributed by atoms with Crippen molar-refractivity contribution in [1.82, 2.24) is 20.2 Å². The second-order valence-electron chi connectivity index (χ2n) is 6.87. The number of rotatable bonds is 4. The SMILES string of the molecule is CN=C(NCCNc1nccc(C(F)(F)F)n1)N1CC2CCCCC2C1.I. The van der Waals surface area contributed by atoms with Crippen LogP contribution in [0.4, 0.5) is 19.1 Å². The summed E-state index contributed by atoms with van der Waals surface area (Å²) >= 11 is 0. The van der Waals surface area contributed by atoms with Crippen LogP contribution in [-0.2, 0) is 6.18 Å². The normalized spacial score (nSPS) is 22.8. The van der Waals surface area contributed by atoms with Gasteiger partial charge in [-0.1, -0.05) is 12.8 Å². The molecule has 2 N–H and O–H groups in total. The van der Waals surface area contributed by atoms with Crippen LogP contribution in [0.2, 0.25) is 0 Å². The van der Waals surface area contributed by atoms with Gasteiger partial charge in [-0.05, 0) is 30.7 Å². The Morgan fingerprint density at radius 1 is 1.22 bits per heavy atom. The summed E-state index contributed by atoms with van der Waals surface area (Å²) in [5.41, 5.74) is -0.946. The number of aromatic nitrogens is 2. The van der Waals surface area contributed by atoms with Crippen molar-refractivity contribution in [2.24, 2.45) is 16.8 Å². The number of nitrogens with one attached hydrogen (secondary N) is 2. The number of alkyl halides is 3. The van der Waals surface area contributed by atoms with Gasteiger partial charge in [-0.2, -0.15) is 13.2 Å². The number of hydrogen-bond acceptors (Lipinski definition) is 4. The molecule has 2 atom stereocenters. The molecule has 1 saturated heterocycles. The Bertz CT molecular complexity index is 625. The number of guanidine groups is 1. The molecule has 1 aliphatic carbocycles. The van der Waals surface area contributed by atoms with E-state index in [9.17, 15) is 13.2 Å². The summed E-state index contributed by atoms with van der Waals surface area (Å²) < 4.78 is 38.0. The number of nitrogens with zero attached hydrogens (tertiary/aromatic N) is 4. The maximum absolute atomic E-state index is 12.7. The molecule has 0 amide bonds. The summed E-state index contributed by atoms with van der Waals surface area (Å²) in [6.07, 6.45) is 1.88. The Morgan fingerprint density at radius 2 is 1.89 bits per heavy atom. The molecule has 2 fully saturated rings. The van der Waals surface area contributed by atoms with Crippen molar-refractivity contribution in [1.29, 1.82) is 0 Å². The Balaban J connectivity index is 0.00000261. The molecule has 2 unspecified atom stereocenters. The van der Waals surface area contributed by atoms with Gasteiger partial charge in [0.25, 0.3) is 0 Å².